The fraction of sp³-hybridized carbons (Fsp3) is 0.583. The molecule has 2 aromatic rings. The molecule has 0 fully saturated rings. The van der Waals surface area contributed by atoms with Crippen molar-refractivity contribution >= 4 is 30.9 Å². The fourth-order valence-corrected chi connectivity index (χ4v) is 2.96. The van der Waals surface area contributed by atoms with Crippen LogP contribution in [0.3, 0.4) is 0 Å². The van der Waals surface area contributed by atoms with Gasteiger partial charge in [-0.25, -0.2) is 14.6 Å². The summed E-state index contributed by atoms with van der Waals surface area (Å²) in [6, 6.07) is 1.16. The van der Waals surface area contributed by atoms with E-state index >= 15 is 0 Å². The zero-order chi connectivity index (χ0) is 13.9. The van der Waals surface area contributed by atoms with Crippen LogP contribution in [0.2, 0.25) is 25.7 Å². The van der Waals surface area contributed by atoms with Crippen LogP contribution in [-0.4, -0.2) is 40.7 Å². The van der Waals surface area contributed by atoms with E-state index < -0.39 is 8.07 Å². The van der Waals surface area contributed by atoms with Gasteiger partial charge in [0.2, 0.25) is 0 Å². The van der Waals surface area contributed by atoms with Gasteiger partial charge in [0.25, 0.3) is 0 Å². The summed E-state index contributed by atoms with van der Waals surface area (Å²) in [4.78, 5) is 8.33. The van der Waals surface area contributed by atoms with E-state index in [1.807, 2.05) is 10.9 Å². The standard InChI is InChI=1S/C12H20N4OSSi/c1-18-12-10-7-13-8-14-11(10)16(15-12)9-17-5-6-19(2,3)4/h7-8H,5-6,9H2,1-4H3. The second kappa shape index (κ2) is 6.02. The Kier molecular flexibility index (Phi) is 4.59. The number of rotatable bonds is 6. The highest BCUT2D eigenvalue weighted by Crippen LogP contribution is 2.23. The molecule has 0 unspecified atom stereocenters. The molecule has 2 rings (SSSR count). The van der Waals surface area contributed by atoms with E-state index in [4.69, 9.17) is 4.74 Å². The van der Waals surface area contributed by atoms with Crippen LogP contribution in [0.4, 0.5) is 0 Å². The van der Waals surface area contributed by atoms with Crippen LogP contribution in [0, 0.1) is 0 Å². The highest BCUT2D eigenvalue weighted by Gasteiger charge is 2.13. The van der Waals surface area contributed by atoms with Gasteiger partial charge in [0, 0.05) is 20.9 Å². The van der Waals surface area contributed by atoms with Gasteiger partial charge in [-0.2, -0.15) is 5.10 Å². The van der Waals surface area contributed by atoms with E-state index in [0.29, 0.717) is 6.73 Å². The largest absolute Gasteiger partial charge is 0.359 e. The Morgan fingerprint density at radius 1 is 1.37 bits per heavy atom. The van der Waals surface area contributed by atoms with Crippen LogP contribution in [-0.2, 0) is 11.5 Å². The molecular formula is C12H20N4OSSi. The summed E-state index contributed by atoms with van der Waals surface area (Å²) in [5.41, 5.74) is 0.840. The molecule has 0 aromatic carbocycles. The second-order valence-electron chi connectivity index (χ2n) is 5.62. The molecule has 0 radical (unpaired) electrons. The van der Waals surface area contributed by atoms with Crippen molar-refractivity contribution in [2.75, 3.05) is 12.9 Å². The lowest BCUT2D eigenvalue weighted by molar-refractivity contribution is 0.0804. The fourth-order valence-electron chi connectivity index (χ4n) is 1.66. The molecular weight excluding hydrogens is 276 g/mol. The van der Waals surface area contributed by atoms with Crippen LogP contribution < -0.4 is 0 Å². The van der Waals surface area contributed by atoms with Crippen LogP contribution in [0.5, 0.6) is 0 Å². The molecule has 0 amide bonds. The lowest BCUT2D eigenvalue weighted by atomic mass is 10.4. The Balaban J connectivity index is 2.05. The molecule has 7 heteroatoms. The third-order valence-electron chi connectivity index (χ3n) is 2.78. The molecule has 5 nitrogen and oxygen atoms in total. The van der Waals surface area contributed by atoms with Crippen molar-refractivity contribution in [3.8, 4) is 0 Å². The number of thioether (sulfide) groups is 1. The minimum absolute atomic E-state index is 0.457. The summed E-state index contributed by atoms with van der Waals surface area (Å²) in [6.45, 7) is 8.28. The van der Waals surface area contributed by atoms with Gasteiger partial charge in [0.1, 0.15) is 18.1 Å². The lowest BCUT2D eigenvalue weighted by Gasteiger charge is -2.15. The van der Waals surface area contributed by atoms with E-state index in [0.717, 1.165) is 28.7 Å². The summed E-state index contributed by atoms with van der Waals surface area (Å²) in [6.07, 6.45) is 5.36. The molecule has 0 saturated carbocycles. The Hall–Kier alpha value is -0.923. The van der Waals surface area contributed by atoms with Crippen LogP contribution in [0.1, 0.15) is 0 Å². The predicted octanol–water partition coefficient (Wildman–Crippen LogP) is 2.86. The first kappa shape index (κ1) is 14.5. The van der Waals surface area contributed by atoms with E-state index in [2.05, 4.69) is 34.7 Å². The number of hydrogen-bond acceptors (Lipinski definition) is 5. The summed E-state index contributed by atoms with van der Waals surface area (Å²) >= 11 is 1.60. The van der Waals surface area contributed by atoms with Gasteiger partial charge in [0.05, 0.1) is 5.39 Å². The minimum atomic E-state index is -1.04. The molecule has 19 heavy (non-hydrogen) atoms. The maximum Gasteiger partial charge on any atom is 0.164 e. The quantitative estimate of drug-likeness (QED) is 0.466. The molecule has 0 N–H and O–H groups in total. The molecule has 2 heterocycles. The van der Waals surface area contributed by atoms with Crippen molar-refractivity contribution in [3.05, 3.63) is 12.5 Å². The monoisotopic (exact) mass is 296 g/mol. The van der Waals surface area contributed by atoms with Crippen molar-refractivity contribution in [2.45, 2.75) is 37.4 Å². The molecule has 0 saturated heterocycles. The van der Waals surface area contributed by atoms with Gasteiger partial charge in [-0.3, -0.25) is 0 Å². The Morgan fingerprint density at radius 2 is 2.16 bits per heavy atom. The molecule has 0 spiro atoms. The number of nitrogens with zero attached hydrogens (tertiary/aromatic N) is 4. The molecule has 0 aliphatic rings. The van der Waals surface area contributed by atoms with Crippen molar-refractivity contribution in [1.82, 2.24) is 19.7 Å². The maximum atomic E-state index is 5.73. The SMILES string of the molecule is CSc1nn(COCC[Si](C)(C)C)c2ncncc12. The topological polar surface area (TPSA) is 52.8 Å². The third kappa shape index (κ3) is 3.77. The van der Waals surface area contributed by atoms with Crippen molar-refractivity contribution in [1.29, 1.82) is 0 Å². The van der Waals surface area contributed by atoms with Crippen molar-refractivity contribution < 1.29 is 4.74 Å². The van der Waals surface area contributed by atoms with Gasteiger partial charge in [-0.15, -0.1) is 11.8 Å². The summed E-state index contributed by atoms with van der Waals surface area (Å²) in [5.74, 6) is 0. The Labute approximate surface area is 118 Å². The van der Waals surface area contributed by atoms with Crippen LogP contribution in [0.15, 0.2) is 17.6 Å². The number of ether oxygens (including phenoxy) is 1. The molecule has 104 valence electrons. The first-order valence-electron chi connectivity index (χ1n) is 6.29. The number of fused-ring (bicyclic) bond motifs is 1. The van der Waals surface area contributed by atoms with Crippen molar-refractivity contribution in [2.24, 2.45) is 0 Å². The number of aromatic nitrogens is 4. The molecule has 0 aliphatic carbocycles. The van der Waals surface area contributed by atoms with Gasteiger partial charge < -0.3 is 4.74 Å². The summed E-state index contributed by atoms with van der Waals surface area (Å²) < 4.78 is 7.54. The molecule has 0 atom stereocenters. The lowest BCUT2D eigenvalue weighted by Crippen LogP contribution is -2.22. The Morgan fingerprint density at radius 3 is 2.84 bits per heavy atom. The minimum Gasteiger partial charge on any atom is -0.359 e. The molecule has 0 aliphatic heterocycles. The predicted molar refractivity (Wildman–Crippen MR) is 81.2 cm³/mol. The second-order valence-corrected chi connectivity index (χ2v) is 12.0. The molecule has 0 bridgehead atoms. The maximum absolute atomic E-state index is 5.73. The van der Waals surface area contributed by atoms with Gasteiger partial charge >= 0.3 is 0 Å². The first-order chi connectivity index (χ1) is 9.01. The normalized spacial score (nSPS) is 12.2. The third-order valence-corrected chi connectivity index (χ3v) is 5.17. The average Bonchev–Trinajstić information content (AvgIpc) is 2.72. The van der Waals surface area contributed by atoms with Gasteiger partial charge in [0.15, 0.2) is 5.65 Å². The summed E-state index contributed by atoms with van der Waals surface area (Å²) in [7, 11) is -1.04. The van der Waals surface area contributed by atoms with Crippen LogP contribution in [0.25, 0.3) is 11.0 Å². The Bertz CT molecular complexity index is 552. The van der Waals surface area contributed by atoms with E-state index in [9.17, 15) is 0 Å². The highest BCUT2D eigenvalue weighted by atomic mass is 32.2. The molecule has 2 aromatic heterocycles. The average molecular weight is 296 g/mol. The summed E-state index contributed by atoms with van der Waals surface area (Å²) in [5, 5.41) is 6.44. The first-order valence-corrected chi connectivity index (χ1v) is 11.2. The van der Waals surface area contributed by atoms with E-state index in [1.54, 1.807) is 24.3 Å². The van der Waals surface area contributed by atoms with E-state index in [1.165, 1.54) is 0 Å². The van der Waals surface area contributed by atoms with Crippen LogP contribution >= 0.6 is 11.8 Å². The number of hydrogen-bond donors (Lipinski definition) is 0. The van der Waals surface area contributed by atoms with Gasteiger partial charge in [-0.05, 0) is 12.3 Å². The zero-order valence-corrected chi connectivity index (χ0v) is 13.7. The van der Waals surface area contributed by atoms with E-state index in [-0.39, 0.29) is 0 Å². The van der Waals surface area contributed by atoms with Gasteiger partial charge in [-0.1, -0.05) is 19.6 Å². The van der Waals surface area contributed by atoms with Crippen molar-refractivity contribution in [3.63, 3.8) is 0 Å². The highest BCUT2D eigenvalue weighted by molar-refractivity contribution is 7.98. The zero-order valence-electron chi connectivity index (χ0n) is 11.9. The smallest absolute Gasteiger partial charge is 0.164 e.